The molecule has 0 saturated carbocycles. The molecule has 0 unspecified atom stereocenters. The van der Waals surface area contributed by atoms with Gasteiger partial charge in [0.1, 0.15) is 0 Å². The van der Waals surface area contributed by atoms with Gasteiger partial charge < -0.3 is 10.1 Å². The molecule has 0 atom stereocenters. The molecule has 1 fully saturated rings. The Hall–Kier alpha value is -3.36. The fraction of sp³-hybridized carbons (Fsp3) is 0.304. The van der Waals surface area contributed by atoms with Gasteiger partial charge in [-0.25, -0.2) is 13.2 Å². The van der Waals surface area contributed by atoms with E-state index < -0.39 is 40.2 Å². The van der Waals surface area contributed by atoms with Crippen LogP contribution in [0.25, 0.3) is 0 Å². The molecule has 180 valence electrons. The van der Waals surface area contributed by atoms with E-state index in [0.717, 1.165) is 25.0 Å². The van der Waals surface area contributed by atoms with Crippen molar-refractivity contribution >= 4 is 21.9 Å². The fourth-order valence-electron chi connectivity index (χ4n) is 3.17. The van der Waals surface area contributed by atoms with Crippen LogP contribution < -0.4 is 5.32 Å². The Morgan fingerprint density at radius 1 is 1.06 bits per heavy atom. The van der Waals surface area contributed by atoms with Crippen LogP contribution in [0.5, 0.6) is 0 Å². The lowest BCUT2D eigenvalue weighted by molar-refractivity contribution is -0.137. The molecule has 3 rings (SSSR count). The van der Waals surface area contributed by atoms with E-state index in [1.54, 1.807) is 0 Å². The van der Waals surface area contributed by atoms with Gasteiger partial charge in [0.25, 0.3) is 5.91 Å². The normalized spacial score (nSPS) is 14.2. The molecular weight excluding hydrogens is 473 g/mol. The molecule has 34 heavy (non-hydrogen) atoms. The van der Waals surface area contributed by atoms with Gasteiger partial charge in [0.2, 0.25) is 10.0 Å². The SMILES string of the molecule is O=C(COC(=O)c1ccc(S(=O)(=O)N2CCCC2)cc1)NCC#Cc1cccc(C(F)(F)F)c1. The lowest BCUT2D eigenvalue weighted by Crippen LogP contribution is -2.29. The zero-order valence-corrected chi connectivity index (χ0v) is 18.7. The first-order valence-corrected chi connectivity index (χ1v) is 11.7. The molecule has 1 saturated heterocycles. The Balaban J connectivity index is 1.46. The molecule has 2 aromatic carbocycles. The summed E-state index contributed by atoms with van der Waals surface area (Å²) in [5.74, 6) is 3.58. The quantitative estimate of drug-likeness (QED) is 0.493. The predicted molar refractivity (Wildman–Crippen MR) is 116 cm³/mol. The van der Waals surface area contributed by atoms with Crippen LogP contribution in [-0.2, 0) is 25.7 Å². The van der Waals surface area contributed by atoms with Gasteiger partial charge >= 0.3 is 12.1 Å². The molecule has 0 radical (unpaired) electrons. The molecule has 7 nitrogen and oxygen atoms in total. The Morgan fingerprint density at radius 2 is 1.74 bits per heavy atom. The minimum absolute atomic E-state index is 0.0723. The number of carbonyl (C=O) groups excluding carboxylic acids is 2. The second-order valence-electron chi connectivity index (χ2n) is 7.37. The molecule has 0 aromatic heterocycles. The summed E-state index contributed by atoms with van der Waals surface area (Å²) in [4.78, 5) is 24.0. The molecular formula is C23H21F3N2O5S. The van der Waals surface area contributed by atoms with Crippen LogP contribution in [-0.4, -0.2) is 50.8 Å². The maximum atomic E-state index is 12.7. The highest BCUT2D eigenvalue weighted by Gasteiger charge is 2.30. The van der Waals surface area contributed by atoms with Gasteiger partial charge in [0.15, 0.2) is 6.61 Å². The van der Waals surface area contributed by atoms with Crippen molar-refractivity contribution in [2.45, 2.75) is 23.9 Å². The predicted octanol–water partition coefficient (Wildman–Crippen LogP) is 2.81. The molecule has 11 heteroatoms. The van der Waals surface area contributed by atoms with Gasteiger partial charge in [0, 0.05) is 18.7 Å². The largest absolute Gasteiger partial charge is 0.452 e. The van der Waals surface area contributed by atoms with Crippen molar-refractivity contribution in [2.24, 2.45) is 0 Å². The van der Waals surface area contributed by atoms with E-state index in [1.807, 2.05) is 0 Å². The van der Waals surface area contributed by atoms with Gasteiger partial charge in [-0.05, 0) is 55.3 Å². The summed E-state index contributed by atoms with van der Waals surface area (Å²) in [6.45, 7) is 0.171. The third kappa shape index (κ3) is 6.59. The number of rotatable bonds is 6. The zero-order valence-electron chi connectivity index (χ0n) is 17.9. The van der Waals surface area contributed by atoms with Crippen LogP contribution in [0.2, 0.25) is 0 Å². The van der Waals surface area contributed by atoms with Gasteiger partial charge in [-0.3, -0.25) is 4.79 Å². The number of esters is 1. The second kappa shape index (κ2) is 10.7. The first-order valence-electron chi connectivity index (χ1n) is 10.3. The van der Waals surface area contributed by atoms with Crippen LogP contribution in [0.3, 0.4) is 0 Å². The van der Waals surface area contributed by atoms with Crippen molar-refractivity contribution in [3.63, 3.8) is 0 Å². The maximum Gasteiger partial charge on any atom is 0.416 e. The summed E-state index contributed by atoms with van der Waals surface area (Å²) in [7, 11) is -3.60. The monoisotopic (exact) mass is 494 g/mol. The number of nitrogens with zero attached hydrogens (tertiary/aromatic N) is 1. The lowest BCUT2D eigenvalue weighted by Gasteiger charge is -2.15. The number of hydrogen-bond donors (Lipinski definition) is 1. The van der Waals surface area contributed by atoms with Gasteiger partial charge in [-0.2, -0.15) is 17.5 Å². The average molecular weight is 494 g/mol. The Kier molecular flexibility index (Phi) is 7.96. The average Bonchev–Trinajstić information content (AvgIpc) is 3.36. The standard InChI is InChI=1S/C23H21F3N2O5S/c24-23(25,26)19-7-3-5-17(15-19)6-4-12-27-21(29)16-33-22(30)18-8-10-20(11-9-18)34(31,32)28-13-1-2-14-28/h3,5,7-11,15H,1-2,12-14,16H2,(H,27,29). The summed E-state index contributed by atoms with van der Waals surface area (Å²) in [5, 5.41) is 2.37. The summed E-state index contributed by atoms with van der Waals surface area (Å²) in [5.41, 5.74) is -0.597. The molecule has 0 bridgehead atoms. The Bertz CT molecular complexity index is 1210. The van der Waals surface area contributed by atoms with E-state index in [9.17, 15) is 31.2 Å². The molecule has 0 spiro atoms. The highest BCUT2D eigenvalue weighted by molar-refractivity contribution is 7.89. The van der Waals surface area contributed by atoms with E-state index in [0.29, 0.717) is 13.1 Å². The van der Waals surface area contributed by atoms with Gasteiger partial charge in [-0.15, -0.1) is 0 Å². The highest BCUT2D eigenvalue weighted by atomic mass is 32.2. The highest BCUT2D eigenvalue weighted by Crippen LogP contribution is 2.29. The van der Waals surface area contributed by atoms with E-state index in [1.165, 1.54) is 40.7 Å². The van der Waals surface area contributed by atoms with Crippen LogP contribution in [0.4, 0.5) is 13.2 Å². The molecule has 1 N–H and O–H groups in total. The molecule has 1 aliphatic rings. The topological polar surface area (TPSA) is 92.8 Å². The number of hydrogen-bond acceptors (Lipinski definition) is 5. The van der Waals surface area contributed by atoms with E-state index in [4.69, 9.17) is 4.74 Å². The number of sulfonamides is 1. The third-order valence-corrected chi connectivity index (χ3v) is 6.84. The van der Waals surface area contributed by atoms with Crippen molar-refractivity contribution in [1.29, 1.82) is 0 Å². The first kappa shape index (κ1) is 25.3. The summed E-state index contributed by atoms with van der Waals surface area (Å²) < 4.78 is 69.4. The number of nitrogens with one attached hydrogen (secondary N) is 1. The molecule has 0 aliphatic carbocycles. The fourth-order valence-corrected chi connectivity index (χ4v) is 4.69. The first-order chi connectivity index (χ1) is 16.1. The van der Waals surface area contributed by atoms with Crippen LogP contribution >= 0.6 is 0 Å². The Morgan fingerprint density at radius 3 is 2.38 bits per heavy atom. The summed E-state index contributed by atoms with van der Waals surface area (Å²) >= 11 is 0. The molecule has 1 amide bonds. The third-order valence-electron chi connectivity index (χ3n) is 4.92. The van der Waals surface area contributed by atoms with E-state index in [-0.39, 0.29) is 22.6 Å². The lowest BCUT2D eigenvalue weighted by atomic mass is 10.1. The maximum absolute atomic E-state index is 12.7. The number of ether oxygens (including phenoxy) is 1. The molecule has 2 aromatic rings. The van der Waals surface area contributed by atoms with Crippen molar-refractivity contribution in [2.75, 3.05) is 26.2 Å². The molecule has 1 heterocycles. The zero-order chi connectivity index (χ0) is 24.8. The van der Waals surface area contributed by atoms with Crippen LogP contribution in [0.1, 0.15) is 34.3 Å². The summed E-state index contributed by atoms with van der Waals surface area (Å²) in [6.07, 6.45) is -2.86. The van der Waals surface area contributed by atoms with E-state index >= 15 is 0 Å². The smallest absolute Gasteiger partial charge is 0.416 e. The number of alkyl halides is 3. The minimum Gasteiger partial charge on any atom is -0.452 e. The number of carbonyl (C=O) groups is 2. The van der Waals surface area contributed by atoms with Crippen molar-refractivity contribution < 1.29 is 35.9 Å². The van der Waals surface area contributed by atoms with E-state index in [2.05, 4.69) is 17.2 Å². The van der Waals surface area contributed by atoms with Crippen LogP contribution in [0.15, 0.2) is 53.4 Å². The van der Waals surface area contributed by atoms with Gasteiger partial charge in [0.05, 0.1) is 22.6 Å². The summed E-state index contributed by atoms with van der Waals surface area (Å²) in [6, 6.07) is 9.72. The van der Waals surface area contributed by atoms with Crippen LogP contribution in [0, 0.1) is 11.8 Å². The Labute approximate surface area is 194 Å². The number of benzene rings is 2. The van der Waals surface area contributed by atoms with Crippen molar-refractivity contribution in [1.82, 2.24) is 9.62 Å². The number of amides is 1. The second-order valence-corrected chi connectivity index (χ2v) is 9.31. The van der Waals surface area contributed by atoms with Crippen molar-refractivity contribution in [3.05, 3.63) is 65.2 Å². The minimum atomic E-state index is -4.47. The number of halogens is 3. The molecule has 1 aliphatic heterocycles. The van der Waals surface area contributed by atoms with Gasteiger partial charge in [-0.1, -0.05) is 17.9 Å². The van der Waals surface area contributed by atoms with Crippen molar-refractivity contribution in [3.8, 4) is 11.8 Å².